The molecular formula is C46H59N11O7. The number of rotatable bonds is 11. The number of amides is 5. The highest BCUT2D eigenvalue weighted by molar-refractivity contribution is 5.93. The number of likely N-dealkylation sites (tertiary alicyclic amines) is 1. The number of aromatic nitrogens is 4. The first kappa shape index (κ1) is 44.3. The number of piperidine rings is 2. The summed E-state index contributed by atoms with van der Waals surface area (Å²) in [6, 6.07) is 9.16. The summed E-state index contributed by atoms with van der Waals surface area (Å²) in [4.78, 5) is 82.8. The van der Waals surface area contributed by atoms with Crippen LogP contribution in [0, 0.1) is 18.3 Å². The molecule has 2 atom stereocenters. The Morgan fingerprint density at radius 2 is 1.67 bits per heavy atom. The Morgan fingerprint density at radius 1 is 0.938 bits per heavy atom. The lowest BCUT2D eigenvalue weighted by Crippen LogP contribution is -2.59. The van der Waals surface area contributed by atoms with Crippen LogP contribution in [0.5, 0.6) is 0 Å². The van der Waals surface area contributed by atoms with E-state index in [9.17, 15) is 24.0 Å². The molecule has 8 rings (SSSR count). The maximum Gasteiger partial charge on any atom is 0.413 e. The van der Waals surface area contributed by atoms with Gasteiger partial charge in [-0.25, -0.2) is 19.3 Å². The summed E-state index contributed by atoms with van der Waals surface area (Å²) in [5, 5.41) is 17.7. The minimum atomic E-state index is -1.06. The molecule has 1 unspecified atom stereocenters. The van der Waals surface area contributed by atoms with Crippen molar-refractivity contribution in [3.63, 3.8) is 0 Å². The Labute approximate surface area is 372 Å². The molecule has 0 saturated carbocycles. The number of nitrogens with one attached hydrogen (secondary N) is 4. The van der Waals surface area contributed by atoms with Crippen molar-refractivity contribution >= 4 is 52.3 Å². The third-order valence-electron chi connectivity index (χ3n) is 12.8. The predicted octanol–water partition coefficient (Wildman–Crippen LogP) is 4.08. The fourth-order valence-electron chi connectivity index (χ4n) is 9.22. The number of benzene rings is 1. The number of hydrogen-bond acceptors (Lipinski definition) is 12. The zero-order valence-electron chi connectivity index (χ0n) is 37.1. The van der Waals surface area contributed by atoms with Gasteiger partial charge in [0.1, 0.15) is 23.5 Å². The summed E-state index contributed by atoms with van der Waals surface area (Å²) in [6.07, 6.45) is 9.40. The highest BCUT2D eigenvalue weighted by atomic mass is 16.6. The molecule has 4 aliphatic rings. The number of esters is 1. The predicted molar refractivity (Wildman–Crippen MR) is 238 cm³/mol. The van der Waals surface area contributed by atoms with Crippen molar-refractivity contribution in [2.75, 3.05) is 62.6 Å². The molecule has 0 aliphatic carbocycles. The van der Waals surface area contributed by atoms with E-state index in [4.69, 9.17) is 9.47 Å². The van der Waals surface area contributed by atoms with Gasteiger partial charge in [-0.15, -0.1) is 0 Å². The number of aryl methyl sites for hydroxylation is 1. The Kier molecular flexibility index (Phi) is 13.0. The van der Waals surface area contributed by atoms with Crippen LogP contribution >= 0.6 is 0 Å². The van der Waals surface area contributed by atoms with Crippen LogP contribution in [0.15, 0.2) is 61.2 Å². The first-order chi connectivity index (χ1) is 30.7. The highest BCUT2D eigenvalue weighted by Crippen LogP contribution is 2.42. The van der Waals surface area contributed by atoms with Gasteiger partial charge in [-0.3, -0.25) is 24.7 Å². The van der Waals surface area contributed by atoms with E-state index in [2.05, 4.69) is 41.2 Å². The standard InChI is InChI=1S/C46H59N11O7/c1-30-24-32(25-33-28-57(53-38(30)33)29-63-42(60)45(2,3)4)27-36(51-43(61)56-18-11-46(12-19-56)35-6-5-13-49-39(35)52-44(62)64-46)40(58)50-37(26-31-7-14-47-15-8-31)41(59)55-22-20-54(21-23-55)34-9-16-48-17-10-34/h5-6,9-10,13,16-17,24-25,28,31,36-37,47H,7-8,11-12,14-15,18-23,26-27,29H2,1-4H3,(H,50,58)(H,51,61)(H,49,52,62)/t36?,37-/m0/s1. The molecule has 0 bridgehead atoms. The Balaban J connectivity index is 1.02. The van der Waals surface area contributed by atoms with Crippen LogP contribution in [0.4, 0.5) is 21.1 Å². The maximum absolute atomic E-state index is 14.8. The van der Waals surface area contributed by atoms with Crippen LogP contribution in [-0.2, 0) is 42.6 Å². The van der Waals surface area contributed by atoms with Gasteiger partial charge in [0.15, 0.2) is 6.73 Å². The molecule has 4 N–H and O–H groups in total. The summed E-state index contributed by atoms with van der Waals surface area (Å²) in [6.45, 7) is 11.7. The number of piperazine rings is 1. The number of carbonyl (C=O) groups is 5. The van der Waals surface area contributed by atoms with Crippen molar-refractivity contribution < 1.29 is 33.4 Å². The number of urea groups is 1. The van der Waals surface area contributed by atoms with E-state index in [-0.39, 0.29) is 44.0 Å². The molecule has 3 fully saturated rings. The topological polar surface area (TPSA) is 205 Å². The monoisotopic (exact) mass is 877 g/mol. The van der Waals surface area contributed by atoms with E-state index < -0.39 is 41.1 Å². The lowest BCUT2D eigenvalue weighted by atomic mass is 9.83. The molecule has 5 amide bonds. The van der Waals surface area contributed by atoms with E-state index in [1.807, 2.05) is 42.2 Å². The van der Waals surface area contributed by atoms with E-state index in [1.165, 1.54) is 0 Å². The van der Waals surface area contributed by atoms with Crippen LogP contribution in [0.25, 0.3) is 10.9 Å². The van der Waals surface area contributed by atoms with Crippen molar-refractivity contribution in [2.24, 2.45) is 11.3 Å². The molecule has 4 aromatic rings. The lowest BCUT2D eigenvalue weighted by molar-refractivity contribution is -0.157. The zero-order valence-corrected chi connectivity index (χ0v) is 37.1. The molecule has 340 valence electrons. The van der Waals surface area contributed by atoms with Crippen LogP contribution < -0.4 is 26.2 Å². The number of ether oxygens (including phenoxy) is 2. The normalized spacial score (nSPS) is 18.7. The van der Waals surface area contributed by atoms with E-state index in [1.54, 1.807) is 61.2 Å². The molecule has 1 spiro atoms. The summed E-state index contributed by atoms with van der Waals surface area (Å²) in [7, 11) is 0. The smallest absolute Gasteiger partial charge is 0.413 e. The summed E-state index contributed by atoms with van der Waals surface area (Å²) >= 11 is 0. The molecule has 7 heterocycles. The second kappa shape index (κ2) is 18.8. The summed E-state index contributed by atoms with van der Waals surface area (Å²) in [5.74, 6) is -0.256. The van der Waals surface area contributed by atoms with Gasteiger partial charge in [-0.2, -0.15) is 5.10 Å². The molecule has 4 aliphatic heterocycles. The van der Waals surface area contributed by atoms with Gasteiger partial charge in [-0.05, 0) is 107 Å². The van der Waals surface area contributed by atoms with Gasteiger partial charge in [0, 0.05) is 100.0 Å². The first-order valence-corrected chi connectivity index (χ1v) is 22.3. The zero-order chi connectivity index (χ0) is 45.0. The average Bonchev–Trinajstić information content (AvgIpc) is 3.71. The Hall–Kier alpha value is -6.30. The lowest BCUT2D eigenvalue weighted by Gasteiger charge is -2.43. The van der Waals surface area contributed by atoms with Crippen LogP contribution in [0.3, 0.4) is 0 Å². The molecule has 3 saturated heterocycles. The number of fused-ring (bicyclic) bond motifs is 3. The number of carbonyl (C=O) groups excluding carboxylic acids is 5. The van der Waals surface area contributed by atoms with Crippen molar-refractivity contribution in [1.29, 1.82) is 0 Å². The number of hydrogen-bond donors (Lipinski definition) is 4. The fraction of sp³-hybridized carbons (Fsp3) is 0.522. The first-order valence-electron chi connectivity index (χ1n) is 22.3. The van der Waals surface area contributed by atoms with E-state index >= 15 is 0 Å². The molecule has 1 aromatic carbocycles. The average molecular weight is 878 g/mol. The highest BCUT2D eigenvalue weighted by Gasteiger charge is 2.46. The number of nitrogens with zero attached hydrogens (tertiary/aromatic N) is 7. The molecule has 18 heteroatoms. The number of pyridine rings is 2. The largest absolute Gasteiger partial charge is 0.442 e. The van der Waals surface area contributed by atoms with Crippen molar-refractivity contribution in [2.45, 2.75) is 90.6 Å². The molecule has 18 nitrogen and oxygen atoms in total. The van der Waals surface area contributed by atoms with Crippen LogP contribution in [-0.4, -0.2) is 124 Å². The minimum absolute atomic E-state index is 0.0547. The van der Waals surface area contributed by atoms with E-state index in [0.717, 1.165) is 59.2 Å². The van der Waals surface area contributed by atoms with Crippen molar-refractivity contribution in [1.82, 2.24) is 45.5 Å². The SMILES string of the molecule is Cc1cc(CC(NC(=O)N2CCC3(CC2)OC(=O)Nc2ncccc23)C(=O)N[C@@H](CC2CCNCC2)C(=O)N2CCN(c3ccncc3)CC2)cc2cn(COC(=O)C(C)(C)C)nc12. The molecule has 3 aromatic heterocycles. The van der Waals surface area contributed by atoms with Crippen LogP contribution in [0.2, 0.25) is 0 Å². The summed E-state index contributed by atoms with van der Waals surface area (Å²) in [5.41, 5.74) is 2.54. The quantitative estimate of drug-likeness (QED) is 0.158. The van der Waals surface area contributed by atoms with Crippen molar-refractivity contribution in [3.05, 3.63) is 77.9 Å². The van der Waals surface area contributed by atoms with Crippen molar-refractivity contribution in [3.8, 4) is 0 Å². The minimum Gasteiger partial charge on any atom is -0.442 e. The summed E-state index contributed by atoms with van der Waals surface area (Å²) < 4.78 is 13.0. The van der Waals surface area contributed by atoms with Gasteiger partial charge < -0.3 is 40.1 Å². The Bertz CT molecular complexity index is 2340. The van der Waals surface area contributed by atoms with Gasteiger partial charge in [0.25, 0.3) is 0 Å². The molecule has 64 heavy (non-hydrogen) atoms. The number of anilines is 2. The maximum atomic E-state index is 14.8. The molecule has 0 radical (unpaired) electrons. The second-order valence-electron chi connectivity index (χ2n) is 18.4. The molecular weight excluding hydrogens is 819 g/mol. The van der Waals surface area contributed by atoms with Gasteiger partial charge >= 0.3 is 18.1 Å². The van der Waals surface area contributed by atoms with Crippen LogP contribution in [0.1, 0.15) is 69.6 Å². The fourth-order valence-corrected chi connectivity index (χ4v) is 9.22. The van der Waals surface area contributed by atoms with Gasteiger partial charge in [0.2, 0.25) is 11.8 Å². The third-order valence-corrected chi connectivity index (χ3v) is 12.8. The van der Waals surface area contributed by atoms with Gasteiger partial charge in [-0.1, -0.05) is 6.07 Å². The Morgan fingerprint density at radius 3 is 2.39 bits per heavy atom. The van der Waals surface area contributed by atoms with E-state index in [0.29, 0.717) is 51.3 Å². The van der Waals surface area contributed by atoms with Gasteiger partial charge in [0.05, 0.1) is 10.9 Å². The third kappa shape index (κ3) is 10.1. The second-order valence-corrected chi connectivity index (χ2v) is 18.4.